The Kier molecular flexibility index (Phi) is 20.8. The van der Waals surface area contributed by atoms with Crippen LogP contribution in [0.5, 0.6) is 0 Å². The average molecular weight is 398 g/mol. The van der Waals surface area contributed by atoms with E-state index in [1.807, 2.05) is 0 Å². The highest BCUT2D eigenvalue weighted by molar-refractivity contribution is 5.69. The summed E-state index contributed by atoms with van der Waals surface area (Å²) in [5.41, 5.74) is 0. The van der Waals surface area contributed by atoms with Crippen LogP contribution in [0.1, 0.15) is 6.42 Å². The SMILES string of the molecule is COCCOCCOC(CC(=O)OCCOCCO)OCCOCCOC. The summed E-state index contributed by atoms with van der Waals surface area (Å²) < 4.78 is 41.5. The van der Waals surface area contributed by atoms with Gasteiger partial charge in [-0.05, 0) is 0 Å². The molecule has 0 aliphatic heterocycles. The summed E-state index contributed by atoms with van der Waals surface area (Å²) in [6.45, 7) is 3.66. The number of carbonyl (C=O) groups excluding carboxylic acids is 1. The fraction of sp³-hybridized carbons (Fsp3) is 0.941. The molecule has 0 aromatic rings. The quantitative estimate of drug-likeness (QED) is 0.156. The van der Waals surface area contributed by atoms with Gasteiger partial charge in [0.25, 0.3) is 0 Å². The molecule has 0 amide bonds. The van der Waals surface area contributed by atoms with Crippen molar-refractivity contribution in [1.29, 1.82) is 0 Å². The molecule has 10 nitrogen and oxygen atoms in total. The molecule has 0 spiro atoms. The zero-order valence-corrected chi connectivity index (χ0v) is 16.4. The third-order valence-corrected chi connectivity index (χ3v) is 2.99. The highest BCUT2D eigenvalue weighted by atomic mass is 16.7. The predicted octanol–water partition coefficient (Wildman–Crippen LogP) is -0.386. The first-order valence-electron chi connectivity index (χ1n) is 8.95. The Balaban J connectivity index is 4.00. The van der Waals surface area contributed by atoms with E-state index >= 15 is 0 Å². The van der Waals surface area contributed by atoms with Crippen molar-refractivity contribution in [2.45, 2.75) is 12.7 Å². The van der Waals surface area contributed by atoms with Crippen molar-refractivity contribution in [1.82, 2.24) is 0 Å². The van der Waals surface area contributed by atoms with E-state index in [4.69, 9.17) is 43.0 Å². The molecule has 0 saturated heterocycles. The van der Waals surface area contributed by atoms with Gasteiger partial charge in [0.05, 0.1) is 79.1 Å². The van der Waals surface area contributed by atoms with Crippen LogP contribution < -0.4 is 0 Å². The third kappa shape index (κ3) is 19.7. The van der Waals surface area contributed by atoms with Crippen LogP contribution in [0.3, 0.4) is 0 Å². The lowest BCUT2D eigenvalue weighted by atomic mass is 10.4. The second-order valence-corrected chi connectivity index (χ2v) is 5.14. The van der Waals surface area contributed by atoms with Gasteiger partial charge in [-0.3, -0.25) is 4.79 Å². The molecular weight excluding hydrogens is 364 g/mol. The fourth-order valence-electron chi connectivity index (χ4n) is 1.71. The first-order chi connectivity index (χ1) is 13.2. The maximum absolute atomic E-state index is 11.9. The number of hydrogen-bond donors (Lipinski definition) is 1. The Labute approximate surface area is 160 Å². The largest absolute Gasteiger partial charge is 0.463 e. The maximum Gasteiger partial charge on any atom is 0.311 e. The monoisotopic (exact) mass is 398 g/mol. The van der Waals surface area contributed by atoms with E-state index in [2.05, 4.69) is 0 Å². The number of aliphatic hydroxyl groups is 1. The Bertz CT molecular complexity index is 300. The molecule has 0 bridgehead atoms. The van der Waals surface area contributed by atoms with Gasteiger partial charge < -0.3 is 43.0 Å². The molecule has 10 heteroatoms. The Hall–Kier alpha value is -0.850. The molecule has 0 rings (SSSR count). The number of hydrogen-bond acceptors (Lipinski definition) is 10. The third-order valence-electron chi connectivity index (χ3n) is 2.99. The summed E-state index contributed by atoms with van der Waals surface area (Å²) in [7, 11) is 3.19. The number of methoxy groups -OCH3 is 2. The number of aliphatic hydroxyl groups excluding tert-OH is 1. The van der Waals surface area contributed by atoms with Crippen LogP contribution in [0.2, 0.25) is 0 Å². The Morgan fingerprint density at radius 2 is 1.19 bits per heavy atom. The van der Waals surface area contributed by atoms with Crippen molar-refractivity contribution < 1.29 is 47.8 Å². The van der Waals surface area contributed by atoms with Gasteiger partial charge >= 0.3 is 5.97 Å². The minimum atomic E-state index is -0.757. The first kappa shape index (κ1) is 26.1. The maximum atomic E-state index is 11.9. The van der Waals surface area contributed by atoms with Gasteiger partial charge in [-0.1, -0.05) is 0 Å². The van der Waals surface area contributed by atoms with Gasteiger partial charge in [0.2, 0.25) is 0 Å². The normalized spacial score (nSPS) is 11.3. The van der Waals surface area contributed by atoms with E-state index in [1.165, 1.54) is 0 Å². The second kappa shape index (κ2) is 21.5. The van der Waals surface area contributed by atoms with E-state index in [0.29, 0.717) is 39.6 Å². The van der Waals surface area contributed by atoms with Crippen LogP contribution in [0, 0.1) is 0 Å². The van der Waals surface area contributed by atoms with Crippen molar-refractivity contribution in [3.63, 3.8) is 0 Å². The van der Waals surface area contributed by atoms with Crippen molar-refractivity contribution in [2.24, 2.45) is 0 Å². The van der Waals surface area contributed by atoms with Gasteiger partial charge in [-0.25, -0.2) is 0 Å². The summed E-state index contributed by atoms with van der Waals surface area (Å²) in [4.78, 5) is 11.9. The molecule has 0 aromatic heterocycles. The molecule has 0 fully saturated rings. The lowest BCUT2D eigenvalue weighted by Crippen LogP contribution is -2.26. The Morgan fingerprint density at radius 3 is 1.70 bits per heavy atom. The van der Waals surface area contributed by atoms with Crippen LogP contribution in [-0.4, -0.2) is 111 Å². The summed E-state index contributed by atoms with van der Waals surface area (Å²) in [5, 5.41) is 8.59. The zero-order chi connectivity index (χ0) is 20.0. The number of carbonyl (C=O) groups is 1. The van der Waals surface area contributed by atoms with Crippen molar-refractivity contribution >= 4 is 5.97 Å². The minimum Gasteiger partial charge on any atom is -0.463 e. The molecule has 0 heterocycles. The molecule has 0 saturated carbocycles. The van der Waals surface area contributed by atoms with Gasteiger partial charge in [0, 0.05) is 14.2 Å². The van der Waals surface area contributed by atoms with Gasteiger partial charge in [0.15, 0.2) is 6.29 Å². The average Bonchev–Trinajstić information content (AvgIpc) is 2.66. The van der Waals surface area contributed by atoms with Crippen LogP contribution >= 0.6 is 0 Å². The van der Waals surface area contributed by atoms with Crippen LogP contribution in [0.25, 0.3) is 0 Å². The van der Waals surface area contributed by atoms with Crippen LogP contribution in [-0.2, 0) is 42.7 Å². The fourth-order valence-corrected chi connectivity index (χ4v) is 1.71. The zero-order valence-electron chi connectivity index (χ0n) is 16.4. The van der Waals surface area contributed by atoms with Crippen LogP contribution in [0.4, 0.5) is 0 Å². The molecule has 0 atom stereocenters. The standard InChI is InChI=1S/C17H34O10/c1-20-5-7-23-10-13-26-17(27-14-11-24-8-6-21-2)15-16(19)25-12-9-22-4-3-18/h17-18H,3-15H2,1-2H3. The summed E-state index contributed by atoms with van der Waals surface area (Å²) >= 11 is 0. The molecule has 0 aromatic carbocycles. The summed E-state index contributed by atoms with van der Waals surface area (Å²) in [5.74, 6) is -0.465. The topological polar surface area (TPSA) is 111 Å². The predicted molar refractivity (Wildman–Crippen MR) is 94.6 cm³/mol. The molecule has 162 valence electrons. The number of ether oxygens (including phenoxy) is 8. The molecule has 0 unspecified atom stereocenters. The van der Waals surface area contributed by atoms with Gasteiger partial charge in [0.1, 0.15) is 6.61 Å². The lowest BCUT2D eigenvalue weighted by molar-refractivity contribution is -0.179. The second-order valence-electron chi connectivity index (χ2n) is 5.14. The molecular formula is C17H34O10. The number of rotatable bonds is 21. The minimum absolute atomic E-state index is 0.0594. The highest BCUT2D eigenvalue weighted by Crippen LogP contribution is 2.04. The highest BCUT2D eigenvalue weighted by Gasteiger charge is 2.16. The van der Waals surface area contributed by atoms with Crippen LogP contribution in [0.15, 0.2) is 0 Å². The van der Waals surface area contributed by atoms with E-state index in [0.717, 1.165) is 0 Å². The van der Waals surface area contributed by atoms with E-state index < -0.39 is 12.3 Å². The molecule has 0 aliphatic rings. The van der Waals surface area contributed by atoms with Crippen molar-refractivity contribution in [3.8, 4) is 0 Å². The van der Waals surface area contributed by atoms with Crippen molar-refractivity contribution in [3.05, 3.63) is 0 Å². The molecule has 0 radical (unpaired) electrons. The Morgan fingerprint density at radius 1 is 0.704 bits per heavy atom. The first-order valence-corrected chi connectivity index (χ1v) is 8.95. The summed E-state index contributed by atoms with van der Waals surface area (Å²) in [6.07, 6.45) is -0.816. The molecule has 1 N–H and O–H groups in total. The lowest BCUT2D eigenvalue weighted by Gasteiger charge is -2.18. The molecule has 0 aliphatic carbocycles. The smallest absolute Gasteiger partial charge is 0.311 e. The van der Waals surface area contributed by atoms with E-state index in [1.54, 1.807) is 14.2 Å². The molecule has 27 heavy (non-hydrogen) atoms. The van der Waals surface area contributed by atoms with Gasteiger partial charge in [-0.15, -0.1) is 0 Å². The van der Waals surface area contributed by atoms with E-state index in [9.17, 15) is 4.79 Å². The van der Waals surface area contributed by atoms with Crippen molar-refractivity contribution in [2.75, 3.05) is 93.5 Å². The van der Waals surface area contributed by atoms with E-state index in [-0.39, 0.29) is 46.1 Å². The van der Waals surface area contributed by atoms with Gasteiger partial charge in [-0.2, -0.15) is 0 Å². The summed E-state index contributed by atoms with van der Waals surface area (Å²) in [6, 6.07) is 0. The number of esters is 1.